The maximum absolute atomic E-state index is 10.9. The number of primary amides is 1. The molecule has 22 heavy (non-hydrogen) atoms. The first-order valence-electron chi connectivity index (χ1n) is 7.27. The standard InChI is InChI=1S/C17H18ClNO3/c1-16(5-6-16)12-9-11(14(21-2)10-13(12)18)3-4-17(7-8-17)22-15(19)20/h9-10H,5-8H2,1-2H3,(H2,19,20). The number of nitrogens with two attached hydrogens (primary N) is 1. The quantitative estimate of drug-likeness (QED) is 0.869. The highest BCUT2D eigenvalue weighted by Crippen LogP contribution is 2.51. The third-order valence-electron chi connectivity index (χ3n) is 4.36. The summed E-state index contributed by atoms with van der Waals surface area (Å²) in [4.78, 5) is 10.9. The van der Waals surface area contributed by atoms with Crippen molar-refractivity contribution in [1.82, 2.24) is 0 Å². The Balaban J connectivity index is 1.95. The monoisotopic (exact) mass is 319 g/mol. The second-order valence-electron chi connectivity index (χ2n) is 6.26. The van der Waals surface area contributed by atoms with E-state index in [2.05, 4.69) is 18.8 Å². The van der Waals surface area contributed by atoms with Gasteiger partial charge in [-0.05, 0) is 35.8 Å². The number of halogens is 1. The molecule has 2 aliphatic rings. The van der Waals surface area contributed by atoms with Crippen LogP contribution in [0.15, 0.2) is 12.1 Å². The van der Waals surface area contributed by atoms with E-state index in [1.54, 1.807) is 13.2 Å². The summed E-state index contributed by atoms with van der Waals surface area (Å²) >= 11 is 6.36. The van der Waals surface area contributed by atoms with Crippen LogP contribution in [0.5, 0.6) is 5.75 Å². The van der Waals surface area contributed by atoms with Gasteiger partial charge in [0.25, 0.3) is 0 Å². The molecule has 1 amide bonds. The lowest BCUT2D eigenvalue weighted by molar-refractivity contribution is 0.122. The number of rotatable bonds is 3. The van der Waals surface area contributed by atoms with Crippen molar-refractivity contribution in [2.24, 2.45) is 5.73 Å². The predicted molar refractivity (Wildman–Crippen MR) is 84.1 cm³/mol. The predicted octanol–water partition coefficient (Wildman–Crippen LogP) is 3.38. The van der Waals surface area contributed by atoms with Crippen LogP contribution in [0.3, 0.4) is 0 Å². The largest absolute Gasteiger partial charge is 0.495 e. The minimum Gasteiger partial charge on any atom is -0.495 e. The molecule has 0 atom stereocenters. The zero-order chi connectivity index (χ0) is 16.0. The van der Waals surface area contributed by atoms with E-state index >= 15 is 0 Å². The van der Waals surface area contributed by atoms with Gasteiger partial charge < -0.3 is 15.2 Å². The summed E-state index contributed by atoms with van der Waals surface area (Å²) in [5.74, 6) is 6.71. The maximum Gasteiger partial charge on any atom is 0.406 e. The molecule has 0 radical (unpaired) electrons. The fraction of sp³-hybridized carbons (Fsp3) is 0.471. The molecule has 2 aliphatic carbocycles. The van der Waals surface area contributed by atoms with Crippen molar-refractivity contribution in [2.45, 2.75) is 43.6 Å². The zero-order valence-corrected chi connectivity index (χ0v) is 13.4. The number of hydrogen-bond donors (Lipinski definition) is 1. The van der Waals surface area contributed by atoms with E-state index < -0.39 is 11.7 Å². The van der Waals surface area contributed by atoms with Gasteiger partial charge in [-0.3, -0.25) is 0 Å². The van der Waals surface area contributed by atoms with Crippen LogP contribution in [0.25, 0.3) is 0 Å². The SMILES string of the molecule is COc1cc(Cl)c(C2(C)CC2)cc1C#CC1(OC(N)=O)CC1. The molecule has 0 spiro atoms. The van der Waals surface area contributed by atoms with Gasteiger partial charge in [0, 0.05) is 23.9 Å². The average molecular weight is 320 g/mol. The number of carbonyl (C=O) groups is 1. The minimum absolute atomic E-state index is 0.140. The van der Waals surface area contributed by atoms with Gasteiger partial charge in [0.1, 0.15) is 5.75 Å². The Morgan fingerprint density at radius 2 is 2.00 bits per heavy atom. The van der Waals surface area contributed by atoms with Crippen molar-refractivity contribution in [1.29, 1.82) is 0 Å². The lowest BCUT2D eigenvalue weighted by Crippen LogP contribution is -2.22. The lowest BCUT2D eigenvalue weighted by Gasteiger charge is -2.14. The zero-order valence-electron chi connectivity index (χ0n) is 12.7. The van der Waals surface area contributed by atoms with Gasteiger partial charge >= 0.3 is 6.09 Å². The molecule has 2 fully saturated rings. The molecular weight excluding hydrogens is 302 g/mol. The summed E-state index contributed by atoms with van der Waals surface area (Å²) in [5.41, 5.74) is 6.36. The molecule has 0 unspecified atom stereocenters. The maximum atomic E-state index is 10.9. The van der Waals surface area contributed by atoms with Crippen LogP contribution >= 0.6 is 11.6 Å². The van der Waals surface area contributed by atoms with Crippen molar-refractivity contribution in [3.05, 3.63) is 28.3 Å². The highest BCUT2D eigenvalue weighted by molar-refractivity contribution is 6.31. The number of methoxy groups -OCH3 is 1. The fourth-order valence-corrected chi connectivity index (χ4v) is 2.86. The van der Waals surface area contributed by atoms with Gasteiger partial charge in [0.2, 0.25) is 0 Å². The smallest absolute Gasteiger partial charge is 0.406 e. The van der Waals surface area contributed by atoms with Crippen molar-refractivity contribution >= 4 is 17.7 Å². The van der Waals surface area contributed by atoms with Crippen LogP contribution in [0.4, 0.5) is 4.79 Å². The molecule has 4 nitrogen and oxygen atoms in total. The molecule has 2 N–H and O–H groups in total. The Morgan fingerprint density at radius 1 is 1.32 bits per heavy atom. The Kier molecular flexibility index (Phi) is 3.49. The molecular formula is C17H18ClNO3. The van der Waals surface area contributed by atoms with Crippen LogP contribution in [0.2, 0.25) is 5.02 Å². The van der Waals surface area contributed by atoms with Crippen LogP contribution in [0, 0.1) is 11.8 Å². The molecule has 116 valence electrons. The Hall–Kier alpha value is -1.86. The van der Waals surface area contributed by atoms with E-state index in [-0.39, 0.29) is 5.41 Å². The number of ether oxygens (including phenoxy) is 2. The molecule has 0 aliphatic heterocycles. The first-order valence-corrected chi connectivity index (χ1v) is 7.65. The molecule has 0 aromatic heterocycles. The van der Waals surface area contributed by atoms with Crippen molar-refractivity contribution in [2.75, 3.05) is 7.11 Å². The van der Waals surface area contributed by atoms with E-state index in [9.17, 15) is 4.79 Å². The summed E-state index contributed by atoms with van der Waals surface area (Å²) < 4.78 is 10.4. The van der Waals surface area contributed by atoms with Crippen molar-refractivity contribution in [3.8, 4) is 17.6 Å². The fourth-order valence-electron chi connectivity index (χ4n) is 2.48. The van der Waals surface area contributed by atoms with Gasteiger partial charge in [-0.2, -0.15) is 0 Å². The second-order valence-corrected chi connectivity index (χ2v) is 6.67. The molecule has 5 heteroatoms. The Labute approximate surface area is 134 Å². The highest BCUT2D eigenvalue weighted by atomic mass is 35.5. The highest BCUT2D eigenvalue weighted by Gasteiger charge is 2.45. The van der Waals surface area contributed by atoms with E-state index in [1.807, 2.05) is 6.07 Å². The van der Waals surface area contributed by atoms with Crippen LogP contribution in [0.1, 0.15) is 43.7 Å². The number of amides is 1. The number of benzene rings is 1. The van der Waals surface area contributed by atoms with Crippen LogP contribution in [-0.2, 0) is 10.2 Å². The average Bonchev–Trinajstić information content (AvgIpc) is 3.36. The molecule has 3 rings (SSSR count). The van der Waals surface area contributed by atoms with Gasteiger partial charge in [-0.1, -0.05) is 24.4 Å². The molecule has 2 saturated carbocycles. The molecule has 0 bridgehead atoms. The van der Waals surface area contributed by atoms with E-state index in [0.717, 1.165) is 24.0 Å². The summed E-state index contributed by atoms with van der Waals surface area (Å²) in [6.45, 7) is 2.19. The minimum atomic E-state index is -0.791. The van der Waals surface area contributed by atoms with E-state index in [0.29, 0.717) is 23.6 Å². The topological polar surface area (TPSA) is 61.6 Å². The normalized spacial score (nSPS) is 19.6. The number of hydrogen-bond acceptors (Lipinski definition) is 3. The van der Waals surface area contributed by atoms with Gasteiger partial charge in [-0.25, -0.2) is 4.79 Å². The summed E-state index contributed by atoms with van der Waals surface area (Å²) in [7, 11) is 1.59. The van der Waals surface area contributed by atoms with Crippen molar-refractivity contribution < 1.29 is 14.3 Å². The van der Waals surface area contributed by atoms with Crippen LogP contribution < -0.4 is 10.5 Å². The van der Waals surface area contributed by atoms with E-state index in [4.69, 9.17) is 26.8 Å². The third kappa shape index (κ3) is 2.86. The van der Waals surface area contributed by atoms with E-state index in [1.165, 1.54) is 0 Å². The first-order chi connectivity index (χ1) is 10.4. The lowest BCUT2D eigenvalue weighted by atomic mass is 9.96. The molecule has 0 heterocycles. The molecule has 1 aromatic carbocycles. The van der Waals surface area contributed by atoms with Crippen LogP contribution in [-0.4, -0.2) is 18.8 Å². The Morgan fingerprint density at radius 3 is 2.50 bits per heavy atom. The molecule has 0 saturated heterocycles. The summed E-state index contributed by atoms with van der Waals surface area (Å²) in [5, 5.41) is 0.705. The molecule has 1 aromatic rings. The summed E-state index contributed by atoms with van der Waals surface area (Å²) in [6, 6.07) is 3.79. The van der Waals surface area contributed by atoms with Gasteiger partial charge in [0.05, 0.1) is 12.7 Å². The summed E-state index contributed by atoms with van der Waals surface area (Å²) in [6.07, 6.45) is 2.88. The first kappa shape index (κ1) is 15.1. The van der Waals surface area contributed by atoms with Gasteiger partial charge in [0.15, 0.2) is 5.60 Å². The Bertz CT molecular complexity index is 694. The second kappa shape index (κ2) is 5.10. The third-order valence-corrected chi connectivity index (χ3v) is 4.68. The van der Waals surface area contributed by atoms with Crippen molar-refractivity contribution in [3.63, 3.8) is 0 Å². The van der Waals surface area contributed by atoms with Gasteiger partial charge in [-0.15, -0.1) is 0 Å². The number of carbonyl (C=O) groups excluding carboxylic acids is 1.